The van der Waals surface area contributed by atoms with Gasteiger partial charge in [-0.3, -0.25) is 0 Å². The zero-order valence-electron chi connectivity index (χ0n) is 12.7. The Balaban J connectivity index is 2.16. The first-order chi connectivity index (χ1) is 9.95. The van der Waals surface area contributed by atoms with Crippen molar-refractivity contribution in [3.8, 4) is 0 Å². The van der Waals surface area contributed by atoms with E-state index in [4.69, 9.17) is 10.5 Å². The third-order valence-corrected chi connectivity index (χ3v) is 5.80. The molecule has 0 aromatic heterocycles. The minimum Gasteiger partial charge on any atom is -0.377 e. The van der Waals surface area contributed by atoms with Crippen molar-refractivity contribution >= 4 is 10.0 Å². The summed E-state index contributed by atoms with van der Waals surface area (Å²) < 4.78 is 32.2. The maximum Gasteiger partial charge on any atom is 0.242 e. The molecule has 1 aromatic carbocycles. The van der Waals surface area contributed by atoms with Crippen molar-refractivity contribution in [3.05, 3.63) is 29.3 Å². The first kappa shape index (κ1) is 16.4. The fourth-order valence-corrected chi connectivity index (χ4v) is 3.80. The lowest BCUT2D eigenvalue weighted by atomic mass is 10.1. The number of nitrogens with zero attached hydrogens (tertiary/aromatic N) is 1. The van der Waals surface area contributed by atoms with Gasteiger partial charge in [0.2, 0.25) is 10.0 Å². The molecule has 2 N–H and O–H groups in total. The Morgan fingerprint density at radius 3 is 2.76 bits per heavy atom. The largest absolute Gasteiger partial charge is 0.377 e. The summed E-state index contributed by atoms with van der Waals surface area (Å²) in [5.41, 5.74) is 7.53. The number of hydrogen-bond acceptors (Lipinski definition) is 4. The third kappa shape index (κ3) is 3.83. The summed E-state index contributed by atoms with van der Waals surface area (Å²) in [5, 5.41) is 0. The van der Waals surface area contributed by atoms with Crippen LogP contribution in [0.5, 0.6) is 0 Å². The molecular formula is C15H24N2O3S. The minimum absolute atomic E-state index is 0.00190. The van der Waals surface area contributed by atoms with Crippen LogP contribution in [0.2, 0.25) is 0 Å². The first-order valence-electron chi connectivity index (χ1n) is 7.32. The van der Waals surface area contributed by atoms with Gasteiger partial charge in [-0.05, 0) is 49.4 Å². The quantitative estimate of drug-likeness (QED) is 0.897. The molecule has 0 bridgehead atoms. The van der Waals surface area contributed by atoms with Crippen LogP contribution in [-0.4, -0.2) is 39.0 Å². The molecular weight excluding hydrogens is 288 g/mol. The molecule has 1 aliphatic heterocycles. The van der Waals surface area contributed by atoms with Crippen molar-refractivity contribution in [2.75, 3.05) is 20.2 Å². The second-order valence-corrected chi connectivity index (χ2v) is 7.61. The maximum absolute atomic E-state index is 12.6. The van der Waals surface area contributed by atoms with Crippen LogP contribution in [0.25, 0.3) is 0 Å². The van der Waals surface area contributed by atoms with Gasteiger partial charge >= 0.3 is 0 Å². The predicted octanol–water partition coefficient (Wildman–Crippen LogP) is 1.64. The zero-order chi connectivity index (χ0) is 15.5. The van der Waals surface area contributed by atoms with Gasteiger partial charge in [0.05, 0.1) is 11.0 Å². The van der Waals surface area contributed by atoms with Crippen molar-refractivity contribution in [1.82, 2.24) is 4.31 Å². The van der Waals surface area contributed by atoms with E-state index in [9.17, 15) is 8.42 Å². The summed E-state index contributed by atoms with van der Waals surface area (Å²) in [6, 6.07) is 5.12. The number of nitrogens with two attached hydrogens (primary N) is 1. The maximum atomic E-state index is 12.6. The van der Waals surface area contributed by atoms with E-state index < -0.39 is 10.0 Å². The highest BCUT2D eigenvalue weighted by molar-refractivity contribution is 7.89. The van der Waals surface area contributed by atoms with Gasteiger partial charge in [-0.2, -0.15) is 4.31 Å². The van der Waals surface area contributed by atoms with Gasteiger partial charge in [-0.15, -0.1) is 0 Å². The normalized spacial score (nSPS) is 19.9. The Labute approximate surface area is 127 Å². The molecule has 1 aromatic rings. The fraction of sp³-hybridized carbons (Fsp3) is 0.600. The molecule has 6 heteroatoms. The van der Waals surface area contributed by atoms with Gasteiger partial charge in [0, 0.05) is 26.7 Å². The molecule has 1 fully saturated rings. The number of hydrogen-bond donors (Lipinski definition) is 1. The van der Waals surface area contributed by atoms with E-state index in [1.54, 1.807) is 25.2 Å². The van der Waals surface area contributed by atoms with E-state index in [2.05, 4.69) is 0 Å². The molecule has 1 unspecified atom stereocenters. The molecule has 0 saturated carbocycles. The lowest BCUT2D eigenvalue weighted by Crippen LogP contribution is -2.37. The second-order valence-electron chi connectivity index (χ2n) is 5.57. The summed E-state index contributed by atoms with van der Waals surface area (Å²) in [4.78, 5) is 0.298. The van der Waals surface area contributed by atoms with Crippen molar-refractivity contribution in [2.24, 2.45) is 5.73 Å². The first-order valence-corrected chi connectivity index (χ1v) is 8.76. The smallest absolute Gasteiger partial charge is 0.242 e. The monoisotopic (exact) mass is 312 g/mol. The summed E-state index contributed by atoms with van der Waals surface area (Å²) in [5.74, 6) is 0. The molecule has 1 heterocycles. The summed E-state index contributed by atoms with van der Waals surface area (Å²) >= 11 is 0. The van der Waals surface area contributed by atoms with Crippen molar-refractivity contribution < 1.29 is 13.2 Å². The van der Waals surface area contributed by atoms with E-state index in [1.165, 1.54) is 4.31 Å². The van der Waals surface area contributed by atoms with Gasteiger partial charge in [-0.25, -0.2) is 8.42 Å². The van der Waals surface area contributed by atoms with E-state index in [1.807, 2.05) is 6.92 Å². The predicted molar refractivity (Wildman–Crippen MR) is 82.5 cm³/mol. The lowest BCUT2D eigenvalue weighted by molar-refractivity contribution is 0.00858. The molecule has 21 heavy (non-hydrogen) atoms. The SMILES string of the molecule is Cc1ccc(S(=O)(=O)N(C)CC2CCCCO2)cc1CN. The fourth-order valence-electron chi connectivity index (χ4n) is 2.54. The number of aryl methyl sites for hydroxylation is 1. The summed E-state index contributed by atoms with van der Waals surface area (Å²) in [6.45, 7) is 3.39. The molecule has 0 aliphatic carbocycles. The molecule has 118 valence electrons. The number of benzene rings is 1. The molecule has 1 atom stereocenters. The summed E-state index contributed by atoms with van der Waals surface area (Å²) in [7, 11) is -1.88. The minimum atomic E-state index is -3.49. The Bertz CT molecular complexity index is 581. The molecule has 0 radical (unpaired) electrons. The van der Waals surface area contributed by atoms with E-state index in [0.29, 0.717) is 18.0 Å². The van der Waals surface area contributed by atoms with Gasteiger partial charge in [-0.1, -0.05) is 6.07 Å². The molecule has 1 aliphatic rings. The summed E-state index contributed by atoms with van der Waals surface area (Å²) in [6.07, 6.45) is 3.07. The third-order valence-electron chi connectivity index (χ3n) is 3.98. The Kier molecular flexibility index (Phi) is 5.37. The van der Waals surface area contributed by atoms with E-state index in [0.717, 1.165) is 37.0 Å². The van der Waals surface area contributed by atoms with Crippen molar-refractivity contribution in [1.29, 1.82) is 0 Å². The number of rotatable bonds is 5. The van der Waals surface area contributed by atoms with E-state index in [-0.39, 0.29) is 6.10 Å². The highest BCUT2D eigenvalue weighted by atomic mass is 32.2. The zero-order valence-corrected chi connectivity index (χ0v) is 13.5. The average molecular weight is 312 g/mol. The van der Waals surface area contributed by atoms with Crippen molar-refractivity contribution in [3.63, 3.8) is 0 Å². The van der Waals surface area contributed by atoms with Gasteiger partial charge in [0.15, 0.2) is 0 Å². The van der Waals surface area contributed by atoms with Crippen molar-refractivity contribution in [2.45, 2.75) is 43.7 Å². The molecule has 2 rings (SSSR count). The van der Waals surface area contributed by atoms with Crippen LogP contribution in [0, 0.1) is 6.92 Å². The highest BCUT2D eigenvalue weighted by Crippen LogP contribution is 2.21. The molecule has 0 spiro atoms. The number of ether oxygens (including phenoxy) is 1. The van der Waals surface area contributed by atoms with Crippen LogP contribution in [0.15, 0.2) is 23.1 Å². The Morgan fingerprint density at radius 2 is 2.14 bits per heavy atom. The highest BCUT2D eigenvalue weighted by Gasteiger charge is 2.25. The van der Waals surface area contributed by atoms with Crippen LogP contribution in [0.3, 0.4) is 0 Å². The lowest BCUT2D eigenvalue weighted by Gasteiger charge is -2.27. The number of sulfonamides is 1. The average Bonchev–Trinajstić information content (AvgIpc) is 2.48. The van der Waals surface area contributed by atoms with Gasteiger partial charge in [0.1, 0.15) is 0 Å². The van der Waals surface area contributed by atoms with Gasteiger partial charge < -0.3 is 10.5 Å². The van der Waals surface area contributed by atoms with Crippen LogP contribution in [-0.2, 0) is 21.3 Å². The van der Waals surface area contributed by atoms with Crippen LogP contribution < -0.4 is 5.73 Å². The molecule has 0 amide bonds. The Morgan fingerprint density at radius 1 is 1.38 bits per heavy atom. The molecule has 1 saturated heterocycles. The topological polar surface area (TPSA) is 72.6 Å². The number of likely N-dealkylation sites (N-methyl/N-ethyl adjacent to an activating group) is 1. The Hall–Kier alpha value is -0.950. The van der Waals surface area contributed by atoms with Crippen LogP contribution >= 0.6 is 0 Å². The van der Waals surface area contributed by atoms with Crippen LogP contribution in [0.1, 0.15) is 30.4 Å². The van der Waals surface area contributed by atoms with E-state index >= 15 is 0 Å². The second kappa shape index (κ2) is 6.87. The standard InChI is InChI=1S/C15H24N2O3S/c1-12-6-7-15(9-13(12)10-16)21(18,19)17(2)11-14-5-3-4-8-20-14/h6-7,9,14H,3-5,8,10-11,16H2,1-2H3. The van der Waals surface area contributed by atoms with Gasteiger partial charge in [0.25, 0.3) is 0 Å². The van der Waals surface area contributed by atoms with Crippen LogP contribution in [0.4, 0.5) is 0 Å². The molecule has 5 nitrogen and oxygen atoms in total.